The Bertz CT molecular complexity index is 465. The van der Waals surface area contributed by atoms with Gasteiger partial charge in [-0.2, -0.15) is 0 Å². The van der Waals surface area contributed by atoms with E-state index in [9.17, 15) is 5.11 Å². The SMILES string of the molecule is CCCCCCCCCCC(O)CCCCCCCCCCCCCCCCCCCCCCCCCCCCCCO. The van der Waals surface area contributed by atoms with E-state index in [0.717, 1.165) is 19.3 Å². The van der Waals surface area contributed by atoms with Gasteiger partial charge in [0.15, 0.2) is 0 Å². The van der Waals surface area contributed by atoms with E-state index < -0.39 is 0 Å². The van der Waals surface area contributed by atoms with Gasteiger partial charge in [-0.25, -0.2) is 0 Å². The number of unbranched alkanes of at least 4 members (excludes halogenated alkanes) is 34. The molecule has 1 unspecified atom stereocenters. The molecule has 43 heavy (non-hydrogen) atoms. The number of hydrogen-bond donors (Lipinski definition) is 2. The van der Waals surface area contributed by atoms with E-state index in [4.69, 9.17) is 5.11 Å². The summed E-state index contributed by atoms with van der Waals surface area (Å²) in [7, 11) is 0. The van der Waals surface area contributed by atoms with Crippen LogP contribution in [0.4, 0.5) is 0 Å². The number of aliphatic hydroxyl groups is 2. The third-order valence-corrected chi connectivity index (χ3v) is 9.84. The topological polar surface area (TPSA) is 40.5 Å². The molecule has 0 saturated carbocycles. The van der Waals surface area contributed by atoms with Gasteiger partial charge in [-0.1, -0.05) is 232 Å². The molecule has 2 heteroatoms. The molecule has 0 aromatic carbocycles. The first-order valence-corrected chi connectivity index (χ1v) is 20.6. The van der Waals surface area contributed by atoms with Crippen molar-refractivity contribution in [3.63, 3.8) is 0 Å². The summed E-state index contributed by atoms with van der Waals surface area (Å²) in [6.45, 7) is 2.65. The third-order valence-electron chi connectivity index (χ3n) is 9.84. The second-order valence-corrected chi connectivity index (χ2v) is 14.3. The van der Waals surface area contributed by atoms with Crippen molar-refractivity contribution >= 4 is 0 Å². The Labute approximate surface area is 273 Å². The zero-order valence-electron chi connectivity index (χ0n) is 30.0. The Morgan fingerprint density at radius 1 is 0.279 bits per heavy atom. The molecule has 0 heterocycles. The highest BCUT2D eigenvalue weighted by molar-refractivity contribution is 4.58. The van der Waals surface area contributed by atoms with E-state index in [0.29, 0.717) is 6.61 Å². The average molecular weight is 609 g/mol. The molecule has 2 N–H and O–H groups in total. The molecule has 0 saturated heterocycles. The molecule has 2 nitrogen and oxygen atoms in total. The lowest BCUT2D eigenvalue weighted by Gasteiger charge is -2.10. The van der Waals surface area contributed by atoms with Crippen molar-refractivity contribution in [2.24, 2.45) is 0 Å². The van der Waals surface area contributed by atoms with Crippen LogP contribution in [0.25, 0.3) is 0 Å². The summed E-state index contributed by atoms with van der Waals surface area (Å²) in [4.78, 5) is 0. The van der Waals surface area contributed by atoms with Crippen LogP contribution >= 0.6 is 0 Å². The lowest BCUT2D eigenvalue weighted by Crippen LogP contribution is -2.05. The summed E-state index contributed by atoms with van der Waals surface area (Å²) in [6, 6.07) is 0. The maximum atomic E-state index is 10.2. The number of hydrogen-bond acceptors (Lipinski definition) is 2. The van der Waals surface area contributed by atoms with Gasteiger partial charge in [-0.05, 0) is 19.3 Å². The van der Waals surface area contributed by atoms with Gasteiger partial charge in [0.2, 0.25) is 0 Å². The highest BCUT2D eigenvalue weighted by Gasteiger charge is 2.04. The van der Waals surface area contributed by atoms with Crippen molar-refractivity contribution in [1.82, 2.24) is 0 Å². The summed E-state index contributed by atoms with van der Waals surface area (Å²) < 4.78 is 0. The first-order chi connectivity index (χ1) is 21.3. The van der Waals surface area contributed by atoms with Crippen LogP contribution in [0.2, 0.25) is 0 Å². The predicted octanol–water partition coefficient (Wildman–Crippen LogP) is 14.2. The normalized spacial score (nSPS) is 12.3. The van der Waals surface area contributed by atoms with E-state index in [2.05, 4.69) is 6.92 Å². The highest BCUT2D eigenvalue weighted by Crippen LogP contribution is 2.17. The van der Waals surface area contributed by atoms with Crippen molar-refractivity contribution in [2.45, 2.75) is 257 Å². The van der Waals surface area contributed by atoms with E-state index in [1.165, 1.54) is 225 Å². The molecule has 1 atom stereocenters. The predicted molar refractivity (Wildman–Crippen MR) is 194 cm³/mol. The van der Waals surface area contributed by atoms with Crippen LogP contribution in [0.5, 0.6) is 0 Å². The minimum atomic E-state index is -0.0372. The Kier molecular flexibility index (Phi) is 39.9. The van der Waals surface area contributed by atoms with E-state index in [1.807, 2.05) is 0 Å². The lowest BCUT2D eigenvalue weighted by molar-refractivity contribution is 0.147. The number of aliphatic hydroxyl groups excluding tert-OH is 2. The minimum absolute atomic E-state index is 0.0372. The zero-order valence-corrected chi connectivity index (χ0v) is 30.0. The van der Waals surface area contributed by atoms with Crippen LogP contribution < -0.4 is 0 Å². The molecule has 0 aliphatic rings. The fourth-order valence-corrected chi connectivity index (χ4v) is 6.75. The van der Waals surface area contributed by atoms with Crippen molar-refractivity contribution < 1.29 is 10.2 Å². The maximum absolute atomic E-state index is 10.2. The first-order valence-electron chi connectivity index (χ1n) is 20.6. The Balaban J connectivity index is 3.10. The molecule has 0 amide bonds. The second-order valence-electron chi connectivity index (χ2n) is 14.3. The van der Waals surface area contributed by atoms with Crippen LogP contribution in [-0.4, -0.2) is 22.9 Å². The number of rotatable bonds is 39. The van der Waals surface area contributed by atoms with Crippen LogP contribution in [0.3, 0.4) is 0 Å². The van der Waals surface area contributed by atoms with Crippen LogP contribution in [0.15, 0.2) is 0 Å². The molecule has 260 valence electrons. The van der Waals surface area contributed by atoms with Crippen molar-refractivity contribution in [1.29, 1.82) is 0 Å². The minimum Gasteiger partial charge on any atom is -0.396 e. The molecule has 0 bridgehead atoms. The molecule has 0 rings (SSSR count). The van der Waals surface area contributed by atoms with Crippen molar-refractivity contribution in [2.75, 3.05) is 6.61 Å². The van der Waals surface area contributed by atoms with Gasteiger partial charge in [0, 0.05) is 6.61 Å². The molecule has 0 aromatic heterocycles. The molecule has 0 radical (unpaired) electrons. The van der Waals surface area contributed by atoms with Crippen molar-refractivity contribution in [3.05, 3.63) is 0 Å². The molecule has 0 fully saturated rings. The molecular weight excluding hydrogens is 524 g/mol. The molecular formula is C41H84O2. The van der Waals surface area contributed by atoms with Gasteiger partial charge in [-0.3, -0.25) is 0 Å². The fourth-order valence-electron chi connectivity index (χ4n) is 6.75. The smallest absolute Gasteiger partial charge is 0.0540 e. The standard InChI is InChI=1S/C41H84O2/c1-2-3-4-5-6-29-32-35-38-41(43)39-36-33-30-27-25-23-21-19-17-15-13-11-9-7-8-10-12-14-16-18-20-22-24-26-28-31-34-37-40-42/h41-43H,2-40H2,1H3. The summed E-state index contributed by atoms with van der Waals surface area (Å²) >= 11 is 0. The Hall–Kier alpha value is -0.0800. The fraction of sp³-hybridized carbons (Fsp3) is 1.00. The van der Waals surface area contributed by atoms with E-state index in [-0.39, 0.29) is 6.10 Å². The third kappa shape index (κ3) is 39.9. The van der Waals surface area contributed by atoms with Gasteiger partial charge in [0.1, 0.15) is 0 Å². The summed E-state index contributed by atoms with van der Waals surface area (Å²) in [5, 5.41) is 19.0. The second kappa shape index (κ2) is 39.9. The first kappa shape index (κ1) is 42.9. The summed E-state index contributed by atoms with van der Waals surface area (Å²) in [5.74, 6) is 0. The van der Waals surface area contributed by atoms with Crippen LogP contribution in [-0.2, 0) is 0 Å². The van der Waals surface area contributed by atoms with E-state index >= 15 is 0 Å². The average Bonchev–Trinajstić information content (AvgIpc) is 3.01. The Morgan fingerprint density at radius 3 is 0.674 bits per heavy atom. The van der Waals surface area contributed by atoms with E-state index in [1.54, 1.807) is 0 Å². The molecule has 0 aliphatic carbocycles. The largest absolute Gasteiger partial charge is 0.396 e. The highest BCUT2D eigenvalue weighted by atomic mass is 16.3. The van der Waals surface area contributed by atoms with Gasteiger partial charge in [-0.15, -0.1) is 0 Å². The summed E-state index contributed by atoms with van der Waals surface area (Å²) in [5.41, 5.74) is 0. The van der Waals surface area contributed by atoms with Gasteiger partial charge < -0.3 is 10.2 Å². The quantitative estimate of drug-likeness (QED) is 0.0681. The molecule has 0 aliphatic heterocycles. The lowest BCUT2D eigenvalue weighted by atomic mass is 10.0. The van der Waals surface area contributed by atoms with Gasteiger partial charge in [0.05, 0.1) is 6.10 Å². The van der Waals surface area contributed by atoms with Crippen LogP contribution in [0.1, 0.15) is 251 Å². The van der Waals surface area contributed by atoms with Gasteiger partial charge in [0.25, 0.3) is 0 Å². The van der Waals surface area contributed by atoms with Gasteiger partial charge >= 0.3 is 0 Å². The summed E-state index contributed by atoms with van der Waals surface area (Å²) in [6.07, 6.45) is 52.2. The molecule has 0 aromatic rings. The van der Waals surface area contributed by atoms with Crippen molar-refractivity contribution in [3.8, 4) is 0 Å². The monoisotopic (exact) mass is 609 g/mol. The zero-order chi connectivity index (χ0) is 31.2. The molecule has 0 spiro atoms. The van der Waals surface area contributed by atoms with Crippen LogP contribution in [0, 0.1) is 0 Å². The Morgan fingerprint density at radius 2 is 0.465 bits per heavy atom. The maximum Gasteiger partial charge on any atom is 0.0540 e.